The topological polar surface area (TPSA) is 118 Å². The second kappa shape index (κ2) is 9.22. The van der Waals surface area contributed by atoms with E-state index < -0.39 is 41.3 Å². The minimum absolute atomic E-state index is 0.0187. The van der Waals surface area contributed by atoms with Crippen molar-refractivity contribution < 1.29 is 23.1 Å². The Morgan fingerprint density at radius 2 is 1.88 bits per heavy atom. The van der Waals surface area contributed by atoms with E-state index in [9.17, 15) is 19.6 Å². The molecule has 2 aliphatic carbocycles. The Labute approximate surface area is 230 Å². The van der Waals surface area contributed by atoms with Crippen molar-refractivity contribution in [3.05, 3.63) is 58.3 Å². The van der Waals surface area contributed by atoms with Crippen molar-refractivity contribution in [2.75, 3.05) is 0 Å². The first-order valence-electron chi connectivity index (χ1n) is 13.5. The van der Waals surface area contributed by atoms with Crippen molar-refractivity contribution >= 4 is 23.1 Å². The van der Waals surface area contributed by atoms with Crippen LogP contribution < -0.4 is 11.1 Å². The zero-order valence-corrected chi connectivity index (χ0v) is 22.8. The lowest BCUT2D eigenvalue weighted by atomic mass is 9.95. The zero-order valence-electron chi connectivity index (χ0n) is 22.8. The molecule has 208 valence electrons. The molecule has 6 atom stereocenters. The monoisotopic (exact) mass is 546 g/mol. The van der Waals surface area contributed by atoms with Crippen LogP contribution in [-0.2, 0) is 23.0 Å². The molecule has 10 heteroatoms. The molecule has 3 aliphatic rings. The van der Waals surface area contributed by atoms with Gasteiger partial charge in [-0.1, -0.05) is 18.2 Å². The van der Waals surface area contributed by atoms with Gasteiger partial charge in [0, 0.05) is 19.5 Å². The maximum atomic E-state index is 15.2. The third kappa shape index (κ3) is 4.43. The smallest absolute Gasteiger partial charge is 0.419 e. The molecule has 1 aliphatic heterocycles. The van der Waals surface area contributed by atoms with Gasteiger partial charge in [-0.2, -0.15) is 5.26 Å². The van der Waals surface area contributed by atoms with Gasteiger partial charge < -0.3 is 14.5 Å². The molecule has 2 heterocycles. The number of nitriles is 1. The van der Waals surface area contributed by atoms with E-state index in [1.807, 2.05) is 0 Å². The molecule has 3 fully saturated rings. The van der Waals surface area contributed by atoms with Gasteiger partial charge in [-0.25, -0.2) is 14.0 Å². The summed E-state index contributed by atoms with van der Waals surface area (Å²) >= 11 is 0. The van der Waals surface area contributed by atoms with Gasteiger partial charge >= 0.3 is 11.8 Å². The molecular weight excluding hydrogens is 515 g/mol. The third-order valence-corrected chi connectivity index (χ3v) is 8.46. The van der Waals surface area contributed by atoms with Crippen molar-refractivity contribution in [1.82, 2.24) is 14.8 Å². The summed E-state index contributed by atoms with van der Waals surface area (Å²) in [5.41, 5.74) is 1.94. The van der Waals surface area contributed by atoms with Crippen LogP contribution in [0, 0.1) is 34.9 Å². The van der Waals surface area contributed by atoms with Gasteiger partial charge in [0.2, 0.25) is 5.91 Å². The van der Waals surface area contributed by atoms with Crippen molar-refractivity contribution in [2.24, 2.45) is 24.8 Å². The summed E-state index contributed by atoms with van der Waals surface area (Å²) in [6.07, 6.45) is 1.23. The number of aromatic nitrogens is 1. The van der Waals surface area contributed by atoms with Gasteiger partial charge in [0.15, 0.2) is 5.58 Å². The molecule has 9 nitrogen and oxygen atoms in total. The number of piperidine rings is 1. The largest absolute Gasteiger partial charge is 0.444 e. The average Bonchev–Trinajstić information content (AvgIpc) is 3.39. The fraction of sp³-hybridized carbons (Fsp3) is 0.467. The number of likely N-dealkylation sites (tertiary alicyclic amines) is 1. The van der Waals surface area contributed by atoms with Crippen LogP contribution in [0.25, 0.3) is 22.2 Å². The van der Waals surface area contributed by atoms with Crippen LogP contribution in [0.1, 0.15) is 39.2 Å². The standard InChI is InChI=1S/C30H31FN4O5/c1-30(2,3)40-29(38)35-23-13-21(19-12-20(19)23)26(35)27(36)33-18(14-32)9-17-6-5-15(10-22(17)31)16-7-8-25-24(11-16)34(4)28(37)39-25/h5-8,10-11,18-21,23,26H,9,12-13H2,1-4H3,(H,33,36)/t18-,19+,20-,21-,23-,26-/m0/s1. The van der Waals surface area contributed by atoms with Crippen LogP contribution in [0.2, 0.25) is 0 Å². The van der Waals surface area contributed by atoms with Crippen molar-refractivity contribution in [1.29, 1.82) is 5.26 Å². The number of rotatable bonds is 5. The van der Waals surface area contributed by atoms with Gasteiger partial charge in [-0.05, 0) is 86.3 Å². The number of hydrogen-bond donors (Lipinski definition) is 1. The summed E-state index contributed by atoms with van der Waals surface area (Å²) in [7, 11) is 1.60. The highest BCUT2D eigenvalue weighted by atomic mass is 19.1. The van der Waals surface area contributed by atoms with E-state index in [4.69, 9.17) is 9.15 Å². The van der Waals surface area contributed by atoms with Gasteiger partial charge in [-0.15, -0.1) is 0 Å². The molecule has 3 aromatic rings. The fourth-order valence-electron chi connectivity index (χ4n) is 6.58. The molecule has 40 heavy (non-hydrogen) atoms. The van der Waals surface area contributed by atoms with E-state index in [-0.39, 0.29) is 23.9 Å². The predicted molar refractivity (Wildman–Crippen MR) is 143 cm³/mol. The summed E-state index contributed by atoms with van der Waals surface area (Å²) < 4.78 is 27.4. The summed E-state index contributed by atoms with van der Waals surface area (Å²) in [6, 6.07) is 10.3. The van der Waals surface area contributed by atoms with Crippen LogP contribution in [0.5, 0.6) is 0 Å². The Morgan fingerprint density at radius 1 is 1.15 bits per heavy atom. The lowest BCUT2D eigenvalue weighted by Gasteiger charge is -2.35. The summed E-state index contributed by atoms with van der Waals surface area (Å²) in [6.45, 7) is 5.37. The number of halogens is 1. The Hall–Kier alpha value is -4.13. The highest BCUT2D eigenvalue weighted by molar-refractivity contribution is 5.88. The van der Waals surface area contributed by atoms with Crippen molar-refractivity contribution in [3.63, 3.8) is 0 Å². The molecule has 2 saturated carbocycles. The summed E-state index contributed by atoms with van der Waals surface area (Å²) in [5.74, 6) is -0.496. The zero-order chi connectivity index (χ0) is 28.5. The molecule has 0 radical (unpaired) electrons. The molecule has 2 aromatic carbocycles. The number of nitrogens with one attached hydrogen (secondary N) is 1. The number of amides is 2. The van der Waals surface area contributed by atoms with Gasteiger partial charge in [-0.3, -0.25) is 14.3 Å². The van der Waals surface area contributed by atoms with Crippen LogP contribution in [0.3, 0.4) is 0 Å². The minimum atomic E-state index is -0.973. The minimum Gasteiger partial charge on any atom is -0.444 e. The molecule has 0 spiro atoms. The predicted octanol–water partition coefficient (Wildman–Crippen LogP) is 4.13. The lowest BCUT2D eigenvalue weighted by Crippen LogP contribution is -2.56. The first-order valence-corrected chi connectivity index (χ1v) is 13.5. The molecule has 1 saturated heterocycles. The SMILES string of the molecule is Cn1c(=O)oc2ccc(-c3ccc(C[C@@H](C#N)NC(=O)[C@@H]4[C@H]5C[C@@H]([C@H]6C[C@@H]56)N4C(=O)OC(C)(C)C)c(F)c3)cc21. The number of hydrogen-bond acceptors (Lipinski definition) is 6. The number of nitrogens with zero attached hydrogens (tertiary/aromatic N) is 3. The van der Waals surface area contributed by atoms with Crippen LogP contribution in [0.15, 0.2) is 45.6 Å². The highest BCUT2D eigenvalue weighted by Gasteiger charge is 2.67. The molecule has 6 rings (SSSR count). The molecule has 0 unspecified atom stereocenters. The third-order valence-electron chi connectivity index (χ3n) is 8.46. The lowest BCUT2D eigenvalue weighted by molar-refractivity contribution is -0.128. The van der Waals surface area contributed by atoms with Crippen LogP contribution >= 0.6 is 0 Å². The number of carbonyl (C=O) groups is 2. The van der Waals surface area contributed by atoms with Crippen LogP contribution in [0.4, 0.5) is 9.18 Å². The molecule has 2 amide bonds. The maximum absolute atomic E-state index is 15.2. The normalized spacial score (nSPS) is 25.4. The Morgan fingerprint density at radius 3 is 2.58 bits per heavy atom. The van der Waals surface area contributed by atoms with Crippen molar-refractivity contribution in [3.8, 4) is 17.2 Å². The van der Waals surface area contributed by atoms with Gasteiger partial charge in [0.1, 0.15) is 23.5 Å². The summed E-state index contributed by atoms with van der Waals surface area (Å²) in [4.78, 5) is 39.9. The maximum Gasteiger partial charge on any atom is 0.419 e. The molecular formula is C30H31FN4O5. The second-order valence-corrected chi connectivity index (χ2v) is 12.2. The van der Waals surface area contributed by atoms with Crippen LogP contribution in [-0.4, -0.2) is 45.2 Å². The highest BCUT2D eigenvalue weighted by Crippen LogP contribution is 2.63. The van der Waals surface area contributed by atoms with Gasteiger partial charge in [0.25, 0.3) is 0 Å². The number of ether oxygens (including phenoxy) is 1. The number of aryl methyl sites for hydroxylation is 1. The average molecular weight is 547 g/mol. The van der Waals surface area contributed by atoms with Crippen molar-refractivity contribution in [2.45, 2.75) is 63.8 Å². The fourth-order valence-corrected chi connectivity index (χ4v) is 6.58. The van der Waals surface area contributed by atoms with E-state index in [1.54, 1.807) is 63.1 Å². The number of fused-ring (bicyclic) bond motifs is 6. The second-order valence-electron chi connectivity index (χ2n) is 12.2. The Kier molecular flexibility index (Phi) is 6.02. The first kappa shape index (κ1) is 26.1. The van der Waals surface area contributed by atoms with Gasteiger partial charge in [0.05, 0.1) is 11.6 Å². The number of oxazole rings is 1. The van der Waals surface area contributed by atoms with E-state index >= 15 is 4.39 Å². The van der Waals surface area contributed by atoms with E-state index in [0.717, 1.165) is 12.8 Å². The Balaban J connectivity index is 1.17. The first-order chi connectivity index (χ1) is 18.9. The molecule has 1 aromatic heterocycles. The van der Waals surface area contributed by atoms with E-state index in [2.05, 4.69) is 11.4 Å². The quantitative estimate of drug-likeness (QED) is 0.514. The Bertz CT molecular complexity index is 1630. The number of carbonyl (C=O) groups excluding carboxylic acids is 2. The molecule has 1 N–H and O–H groups in total. The number of benzene rings is 2. The van der Waals surface area contributed by atoms with E-state index in [0.29, 0.717) is 34.1 Å². The van der Waals surface area contributed by atoms with E-state index in [1.165, 1.54) is 10.6 Å². The molecule has 2 bridgehead atoms. The summed E-state index contributed by atoms with van der Waals surface area (Å²) in [5, 5.41) is 12.6.